The van der Waals surface area contributed by atoms with E-state index in [0.717, 1.165) is 0 Å². The van der Waals surface area contributed by atoms with E-state index < -0.39 is 11.6 Å². The van der Waals surface area contributed by atoms with Gasteiger partial charge in [-0.15, -0.1) is 0 Å². The molecule has 0 aliphatic carbocycles. The molecule has 1 rings (SSSR count). The minimum absolute atomic E-state index is 0.145. The number of esters is 1. The average Bonchev–Trinajstić information content (AvgIpc) is 2.38. The maximum absolute atomic E-state index is 11.7. The first-order valence-corrected chi connectivity index (χ1v) is 5.41. The number of aliphatic hydroxyl groups is 1. The molecule has 6 nitrogen and oxygen atoms in total. The molecule has 1 aromatic rings. The first kappa shape index (κ1) is 13.5. The van der Waals surface area contributed by atoms with Gasteiger partial charge in [-0.1, -0.05) is 0 Å². The van der Waals surface area contributed by atoms with Crippen LogP contribution in [0.25, 0.3) is 0 Å². The van der Waals surface area contributed by atoms with E-state index in [1.165, 1.54) is 4.68 Å². The Morgan fingerprint density at radius 2 is 2.18 bits per heavy atom. The van der Waals surface area contributed by atoms with Gasteiger partial charge < -0.3 is 15.6 Å². The van der Waals surface area contributed by atoms with E-state index in [1.807, 2.05) is 0 Å². The Hall–Kier alpha value is -1.56. The molecule has 0 aromatic carbocycles. The van der Waals surface area contributed by atoms with Gasteiger partial charge in [0.25, 0.3) is 0 Å². The molecule has 0 saturated heterocycles. The van der Waals surface area contributed by atoms with Crippen LogP contribution in [0.1, 0.15) is 36.5 Å². The number of hydrogen-bond acceptors (Lipinski definition) is 5. The topological polar surface area (TPSA) is 90.4 Å². The lowest BCUT2D eigenvalue weighted by atomic mass is 10.1. The molecule has 3 N–H and O–H groups in total. The zero-order valence-electron chi connectivity index (χ0n) is 10.6. The number of aryl methyl sites for hydroxylation is 2. The minimum Gasteiger partial charge on any atom is -0.461 e. The molecule has 0 saturated carbocycles. The largest absolute Gasteiger partial charge is 0.461 e. The zero-order valence-corrected chi connectivity index (χ0v) is 10.6. The number of carbonyl (C=O) groups is 1. The van der Waals surface area contributed by atoms with Crippen molar-refractivity contribution in [3.8, 4) is 0 Å². The van der Waals surface area contributed by atoms with Crippen LogP contribution in [-0.2, 0) is 11.8 Å². The van der Waals surface area contributed by atoms with Crippen molar-refractivity contribution in [3.05, 3.63) is 11.4 Å². The number of nitrogen functional groups attached to an aromatic ring is 1. The molecule has 6 heteroatoms. The van der Waals surface area contributed by atoms with E-state index in [1.54, 1.807) is 27.8 Å². The minimum atomic E-state index is -0.853. The fourth-order valence-electron chi connectivity index (χ4n) is 1.38. The van der Waals surface area contributed by atoms with Gasteiger partial charge in [0.2, 0.25) is 0 Å². The van der Waals surface area contributed by atoms with Crippen LogP contribution in [0.2, 0.25) is 0 Å². The molecule has 0 bridgehead atoms. The predicted octanol–water partition coefficient (Wildman–Crippen LogP) is 0.629. The van der Waals surface area contributed by atoms with Crippen molar-refractivity contribution < 1.29 is 14.6 Å². The van der Waals surface area contributed by atoms with E-state index >= 15 is 0 Å². The smallest absolute Gasteiger partial charge is 0.358 e. The Morgan fingerprint density at radius 3 is 2.59 bits per heavy atom. The summed E-state index contributed by atoms with van der Waals surface area (Å²) in [6.07, 6.45) is 0.371. The van der Waals surface area contributed by atoms with E-state index in [-0.39, 0.29) is 12.3 Å². The Balaban J connectivity index is 2.65. The molecule has 0 atom stereocenters. The standard InChI is InChI=1S/C11H19N3O3/c1-7-8(12)9(14(4)13-7)10(15)17-6-5-11(2,3)16/h16H,5-6,12H2,1-4H3. The Kier molecular flexibility index (Phi) is 3.77. The first-order valence-electron chi connectivity index (χ1n) is 5.41. The van der Waals surface area contributed by atoms with Gasteiger partial charge in [-0.2, -0.15) is 5.10 Å². The van der Waals surface area contributed by atoms with Gasteiger partial charge in [0.15, 0.2) is 5.69 Å². The number of ether oxygens (including phenoxy) is 1. The molecule has 1 heterocycles. The second-order valence-corrected chi connectivity index (χ2v) is 4.67. The maximum Gasteiger partial charge on any atom is 0.358 e. The van der Waals surface area contributed by atoms with Crippen LogP contribution in [0.4, 0.5) is 5.69 Å². The van der Waals surface area contributed by atoms with Gasteiger partial charge >= 0.3 is 5.97 Å². The number of aromatic nitrogens is 2. The normalized spacial score (nSPS) is 11.6. The Bertz CT molecular complexity index is 418. The first-order chi connectivity index (χ1) is 7.72. The third kappa shape index (κ3) is 3.45. The van der Waals surface area contributed by atoms with Crippen molar-refractivity contribution in [1.82, 2.24) is 9.78 Å². The number of anilines is 1. The molecule has 0 aliphatic rings. The van der Waals surface area contributed by atoms with Crippen molar-refractivity contribution >= 4 is 11.7 Å². The van der Waals surface area contributed by atoms with E-state index in [9.17, 15) is 9.90 Å². The van der Waals surface area contributed by atoms with Gasteiger partial charge in [0.05, 0.1) is 23.6 Å². The number of carbonyl (C=O) groups excluding carboxylic acids is 1. The van der Waals surface area contributed by atoms with Gasteiger partial charge in [0, 0.05) is 13.5 Å². The van der Waals surface area contributed by atoms with Crippen molar-refractivity contribution in [2.24, 2.45) is 7.05 Å². The summed E-state index contributed by atoms with van der Waals surface area (Å²) in [5.74, 6) is -0.519. The van der Waals surface area contributed by atoms with E-state index in [2.05, 4.69) is 5.10 Å². The van der Waals surface area contributed by atoms with Gasteiger partial charge in [0.1, 0.15) is 0 Å². The van der Waals surface area contributed by atoms with Crippen LogP contribution < -0.4 is 5.73 Å². The van der Waals surface area contributed by atoms with Gasteiger partial charge in [-0.25, -0.2) is 4.79 Å². The summed E-state index contributed by atoms with van der Waals surface area (Å²) in [5, 5.41) is 13.5. The molecule has 0 aliphatic heterocycles. The van der Waals surface area contributed by atoms with Crippen molar-refractivity contribution in [1.29, 1.82) is 0 Å². The van der Waals surface area contributed by atoms with E-state index in [4.69, 9.17) is 10.5 Å². The number of nitrogens with two attached hydrogens (primary N) is 1. The van der Waals surface area contributed by atoms with Crippen LogP contribution in [0.3, 0.4) is 0 Å². The number of rotatable bonds is 4. The molecule has 0 spiro atoms. The third-order valence-corrected chi connectivity index (χ3v) is 2.41. The van der Waals surface area contributed by atoms with Crippen LogP contribution in [-0.4, -0.2) is 33.1 Å². The number of nitrogens with zero attached hydrogens (tertiary/aromatic N) is 2. The fraction of sp³-hybridized carbons (Fsp3) is 0.636. The highest BCUT2D eigenvalue weighted by Crippen LogP contribution is 2.16. The average molecular weight is 241 g/mol. The summed E-state index contributed by atoms with van der Waals surface area (Å²) in [6.45, 7) is 5.18. The van der Waals surface area contributed by atoms with Crippen LogP contribution >= 0.6 is 0 Å². The summed E-state index contributed by atoms with van der Waals surface area (Å²) in [6, 6.07) is 0. The van der Waals surface area contributed by atoms with E-state index in [0.29, 0.717) is 17.8 Å². The Morgan fingerprint density at radius 1 is 1.59 bits per heavy atom. The molecule has 0 radical (unpaired) electrons. The molecular weight excluding hydrogens is 222 g/mol. The van der Waals surface area contributed by atoms with Crippen LogP contribution in [0.5, 0.6) is 0 Å². The summed E-state index contributed by atoms with van der Waals surface area (Å²) in [7, 11) is 1.63. The molecule has 0 fully saturated rings. The van der Waals surface area contributed by atoms with Crippen molar-refractivity contribution in [2.75, 3.05) is 12.3 Å². The monoisotopic (exact) mass is 241 g/mol. The highest BCUT2D eigenvalue weighted by Gasteiger charge is 2.20. The summed E-state index contributed by atoms with van der Waals surface area (Å²) in [5.41, 5.74) is 6.06. The molecule has 0 unspecified atom stereocenters. The quantitative estimate of drug-likeness (QED) is 0.754. The molecule has 1 aromatic heterocycles. The van der Waals surface area contributed by atoms with Gasteiger partial charge in [-0.3, -0.25) is 4.68 Å². The highest BCUT2D eigenvalue weighted by atomic mass is 16.5. The lowest BCUT2D eigenvalue weighted by molar-refractivity contribution is 0.0237. The van der Waals surface area contributed by atoms with Gasteiger partial charge in [-0.05, 0) is 20.8 Å². The lowest BCUT2D eigenvalue weighted by Crippen LogP contribution is -2.23. The predicted molar refractivity (Wildman–Crippen MR) is 63.6 cm³/mol. The van der Waals surface area contributed by atoms with Crippen molar-refractivity contribution in [3.63, 3.8) is 0 Å². The molecule has 96 valence electrons. The number of hydrogen-bond donors (Lipinski definition) is 2. The lowest BCUT2D eigenvalue weighted by Gasteiger charge is -2.16. The zero-order chi connectivity index (χ0) is 13.2. The Labute approximate surface area is 100 Å². The maximum atomic E-state index is 11.7. The molecule has 0 amide bonds. The van der Waals surface area contributed by atoms with Crippen LogP contribution in [0.15, 0.2) is 0 Å². The van der Waals surface area contributed by atoms with Crippen molar-refractivity contribution in [2.45, 2.75) is 32.8 Å². The third-order valence-electron chi connectivity index (χ3n) is 2.41. The SMILES string of the molecule is Cc1nn(C)c(C(=O)OCCC(C)(C)O)c1N. The summed E-state index contributed by atoms with van der Waals surface area (Å²) in [4.78, 5) is 11.7. The molecule has 17 heavy (non-hydrogen) atoms. The summed E-state index contributed by atoms with van der Waals surface area (Å²) >= 11 is 0. The molecular formula is C11H19N3O3. The van der Waals surface area contributed by atoms with Crippen LogP contribution in [0, 0.1) is 6.92 Å². The summed E-state index contributed by atoms with van der Waals surface area (Å²) < 4.78 is 6.44. The highest BCUT2D eigenvalue weighted by molar-refractivity contribution is 5.93. The second kappa shape index (κ2) is 4.75. The second-order valence-electron chi connectivity index (χ2n) is 4.67. The fourth-order valence-corrected chi connectivity index (χ4v) is 1.38.